The first-order valence-electron chi connectivity index (χ1n) is 11.2. The number of sulfonamides is 1. The van der Waals surface area contributed by atoms with Crippen molar-refractivity contribution in [2.24, 2.45) is 0 Å². The number of nitrogens with zero attached hydrogens (tertiary/aromatic N) is 1. The SMILES string of the molecule is CCc1ccc([C@@H](C)NC(=O)CN(c2ccc(C)c(C)c2)S(=O)(=O)c2ccc(C)cc2)cc1. The van der Waals surface area contributed by atoms with Crippen LogP contribution in [0.2, 0.25) is 0 Å². The zero-order chi connectivity index (χ0) is 24.2. The zero-order valence-corrected chi connectivity index (χ0v) is 20.7. The summed E-state index contributed by atoms with van der Waals surface area (Å²) in [4.78, 5) is 13.2. The van der Waals surface area contributed by atoms with Gasteiger partial charge in [-0.25, -0.2) is 8.42 Å². The van der Waals surface area contributed by atoms with Crippen molar-refractivity contribution < 1.29 is 13.2 Å². The molecule has 3 rings (SSSR count). The van der Waals surface area contributed by atoms with Crippen LogP contribution in [0, 0.1) is 20.8 Å². The van der Waals surface area contributed by atoms with Crippen molar-refractivity contribution in [3.8, 4) is 0 Å². The Balaban J connectivity index is 1.89. The van der Waals surface area contributed by atoms with Crippen molar-refractivity contribution in [3.05, 3.63) is 94.5 Å². The van der Waals surface area contributed by atoms with Crippen LogP contribution < -0.4 is 9.62 Å². The molecule has 33 heavy (non-hydrogen) atoms. The normalized spacial score (nSPS) is 12.3. The summed E-state index contributed by atoms with van der Waals surface area (Å²) >= 11 is 0. The van der Waals surface area contributed by atoms with E-state index in [9.17, 15) is 13.2 Å². The van der Waals surface area contributed by atoms with Crippen LogP contribution in [0.4, 0.5) is 5.69 Å². The van der Waals surface area contributed by atoms with E-state index in [1.54, 1.807) is 36.4 Å². The zero-order valence-electron chi connectivity index (χ0n) is 19.9. The summed E-state index contributed by atoms with van der Waals surface area (Å²) in [5.41, 5.74) is 5.64. The second-order valence-electron chi connectivity index (χ2n) is 8.48. The van der Waals surface area contributed by atoms with Gasteiger partial charge in [-0.2, -0.15) is 0 Å². The number of rotatable bonds is 8. The van der Waals surface area contributed by atoms with Crippen molar-refractivity contribution in [2.45, 2.75) is 52.0 Å². The molecule has 1 N–H and O–H groups in total. The molecule has 3 aromatic rings. The Morgan fingerprint density at radius 3 is 2.12 bits per heavy atom. The minimum absolute atomic E-state index is 0.155. The molecule has 0 fully saturated rings. The molecule has 5 nitrogen and oxygen atoms in total. The van der Waals surface area contributed by atoms with Gasteiger partial charge >= 0.3 is 0 Å². The largest absolute Gasteiger partial charge is 0.348 e. The lowest BCUT2D eigenvalue weighted by molar-refractivity contribution is -0.120. The third-order valence-corrected chi connectivity index (χ3v) is 7.73. The van der Waals surface area contributed by atoms with Gasteiger partial charge in [0.05, 0.1) is 16.6 Å². The van der Waals surface area contributed by atoms with Crippen LogP contribution in [0.15, 0.2) is 71.6 Å². The van der Waals surface area contributed by atoms with E-state index in [1.165, 1.54) is 9.87 Å². The average molecular weight is 465 g/mol. The number of amides is 1. The lowest BCUT2D eigenvalue weighted by Crippen LogP contribution is -2.41. The van der Waals surface area contributed by atoms with Gasteiger partial charge < -0.3 is 5.32 Å². The molecule has 6 heteroatoms. The maximum absolute atomic E-state index is 13.5. The summed E-state index contributed by atoms with van der Waals surface area (Å²) < 4.78 is 28.3. The molecular formula is C27H32N2O3S. The summed E-state index contributed by atoms with van der Waals surface area (Å²) in [5.74, 6) is -0.365. The number of carbonyl (C=O) groups excluding carboxylic acids is 1. The topological polar surface area (TPSA) is 66.5 Å². The molecule has 1 atom stereocenters. The van der Waals surface area contributed by atoms with Crippen LogP contribution in [-0.2, 0) is 21.2 Å². The Morgan fingerprint density at radius 2 is 1.55 bits per heavy atom. The molecule has 0 saturated carbocycles. The molecule has 0 saturated heterocycles. The second kappa shape index (κ2) is 10.2. The first-order valence-corrected chi connectivity index (χ1v) is 12.6. The molecule has 0 heterocycles. The van der Waals surface area contributed by atoms with Crippen molar-refractivity contribution in [1.29, 1.82) is 0 Å². The number of anilines is 1. The lowest BCUT2D eigenvalue weighted by Gasteiger charge is -2.26. The minimum Gasteiger partial charge on any atom is -0.348 e. The van der Waals surface area contributed by atoms with Crippen molar-refractivity contribution in [2.75, 3.05) is 10.8 Å². The van der Waals surface area contributed by atoms with E-state index in [4.69, 9.17) is 0 Å². The Bertz CT molecular complexity index is 1220. The predicted molar refractivity (Wildman–Crippen MR) is 134 cm³/mol. The molecule has 1 amide bonds. The first-order chi connectivity index (χ1) is 15.6. The molecular weight excluding hydrogens is 432 g/mol. The van der Waals surface area contributed by atoms with E-state index < -0.39 is 10.0 Å². The number of hydrogen-bond acceptors (Lipinski definition) is 3. The van der Waals surface area contributed by atoms with Crippen LogP contribution in [0.25, 0.3) is 0 Å². The van der Waals surface area contributed by atoms with Crippen molar-refractivity contribution >= 4 is 21.6 Å². The standard InChI is InChI=1S/C27H32N2O3S/c1-6-23-10-12-24(13-11-23)22(5)28-27(30)18-29(25-14-9-20(3)21(4)17-25)33(31,32)26-15-7-19(2)8-16-26/h7-17,22H,6,18H2,1-5H3,(H,28,30)/t22-/m1/s1. The highest BCUT2D eigenvalue weighted by Crippen LogP contribution is 2.26. The Kier molecular flexibility index (Phi) is 7.59. The summed E-state index contributed by atoms with van der Waals surface area (Å²) in [5, 5.41) is 2.95. The molecule has 0 aliphatic rings. The number of nitrogens with one attached hydrogen (secondary N) is 1. The number of aryl methyl sites for hydroxylation is 4. The maximum Gasteiger partial charge on any atom is 0.264 e. The highest BCUT2D eigenvalue weighted by molar-refractivity contribution is 7.92. The molecule has 3 aromatic carbocycles. The summed E-state index contributed by atoms with van der Waals surface area (Å²) in [7, 11) is -3.93. The Labute approximate surface area is 197 Å². The van der Waals surface area contributed by atoms with E-state index in [1.807, 2.05) is 58.0 Å². The van der Waals surface area contributed by atoms with Crippen LogP contribution in [0.5, 0.6) is 0 Å². The van der Waals surface area contributed by atoms with E-state index in [0.29, 0.717) is 5.69 Å². The van der Waals surface area contributed by atoms with Crippen LogP contribution >= 0.6 is 0 Å². The molecule has 0 unspecified atom stereocenters. The van der Waals surface area contributed by atoms with E-state index in [-0.39, 0.29) is 23.4 Å². The summed E-state index contributed by atoms with van der Waals surface area (Å²) in [6.07, 6.45) is 0.947. The predicted octanol–water partition coefficient (Wildman–Crippen LogP) is 5.25. The fourth-order valence-electron chi connectivity index (χ4n) is 3.58. The lowest BCUT2D eigenvalue weighted by atomic mass is 10.1. The van der Waals surface area contributed by atoms with Gasteiger partial charge in [-0.3, -0.25) is 9.10 Å². The fourth-order valence-corrected chi connectivity index (χ4v) is 4.99. The van der Waals surface area contributed by atoms with Gasteiger partial charge in [-0.1, -0.05) is 55.0 Å². The molecule has 0 aliphatic heterocycles. The smallest absolute Gasteiger partial charge is 0.264 e. The van der Waals surface area contributed by atoms with Crippen LogP contribution in [0.3, 0.4) is 0 Å². The highest BCUT2D eigenvalue weighted by atomic mass is 32.2. The van der Waals surface area contributed by atoms with Crippen LogP contribution in [0.1, 0.15) is 47.7 Å². The Hall–Kier alpha value is -3.12. The van der Waals surface area contributed by atoms with Gasteiger partial charge in [0.1, 0.15) is 6.54 Å². The Morgan fingerprint density at radius 1 is 0.909 bits per heavy atom. The van der Waals surface area contributed by atoms with E-state index in [2.05, 4.69) is 12.2 Å². The van der Waals surface area contributed by atoms with Crippen molar-refractivity contribution in [1.82, 2.24) is 5.32 Å². The second-order valence-corrected chi connectivity index (χ2v) is 10.3. The van der Waals surface area contributed by atoms with E-state index in [0.717, 1.165) is 28.7 Å². The van der Waals surface area contributed by atoms with Crippen LogP contribution in [-0.4, -0.2) is 20.9 Å². The van der Waals surface area contributed by atoms with Gasteiger partial charge in [0.15, 0.2) is 0 Å². The number of benzene rings is 3. The molecule has 0 aliphatic carbocycles. The van der Waals surface area contributed by atoms with Gasteiger partial charge in [-0.05, 0) is 80.6 Å². The monoisotopic (exact) mass is 464 g/mol. The van der Waals surface area contributed by atoms with Gasteiger partial charge in [0.2, 0.25) is 5.91 Å². The number of carbonyl (C=O) groups is 1. The summed E-state index contributed by atoms with van der Waals surface area (Å²) in [6, 6.07) is 19.9. The fraction of sp³-hybridized carbons (Fsp3) is 0.296. The molecule has 174 valence electrons. The maximum atomic E-state index is 13.5. The summed E-state index contributed by atoms with van der Waals surface area (Å²) in [6.45, 7) is 9.48. The third-order valence-electron chi connectivity index (χ3n) is 5.94. The molecule has 0 spiro atoms. The van der Waals surface area contributed by atoms with Crippen molar-refractivity contribution in [3.63, 3.8) is 0 Å². The van der Waals surface area contributed by atoms with Gasteiger partial charge in [-0.15, -0.1) is 0 Å². The average Bonchev–Trinajstić information content (AvgIpc) is 2.79. The highest BCUT2D eigenvalue weighted by Gasteiger charge is 2.28. The van der Waals surface area contributed by atoms with Gasteiger partial charge in [0.25, 0.3) is 10.0 Å². The first kappa shape index (κ1) is 24.5. The molecule has 0 aromatic heterocycles. The molecule has 0 radical (unpaired) electrons. The van der Waals surface area contributed by atoms with E-state index >= 15 is 0 Å². The number of hydrogen-bond donors (Lipinski definition) is 1. The van der Waals surface area contributed by atoms with Gasteiger partial charge in [0, 0.05) is 0 Å². The molecule has 0 bridgehead atoms. The minimum atomic E-state index is -3.93. The third kappa shape index (κ3) is 5.82. The quantitative estimate of drug-likeness (QED) is 0.495.